The minimum atomic E-state index is -0.536. The molecule has 2 aromatic carbocycles. The Morgan fingerprint density at radius 2 is 2.00 bits per heavy atom. The van der Waals surface area contributed by atoms with Crippen molar-refractivity contribution in [2.24, 2.45) is 0 Å². The molecule has 0 saturated heterocycles. The maximum absolute atomic E-state index is 13.3. The van der Waals surface area contributed by atoms with Crippen molar-refractivity contribution in [3.63, 3.8) is 0 Å². The molecule has 0 fully saturated rings. The normalized spacial score (nSPS) is 10.6. The van der Waals surface area contributed by atoms with Crippen LogP contribution in [0.2, 0.25) is 10.0 Å². The summed E-state index contributed by atoms with van der Waals surface area (Å²) in [5.41, 5.74) is 2.44. The van der Waals surface area contributed by atoms with Crippen LogP contribution in [0.5, 0.6) is 0 Å². The highest BCUT2D eigenvalue weighted by Crippen LogP contribution is 2.20. The Kier molecular flexibility index (Phi) is 6.96. The predicted octanol–water partition coefficient (Wildman–Crippen LogP) is 6.20. The molecule has 29 heavy (non-hydrogen) atoms. The molecule has 3 rings (SSSR count). The summed E-state index contributed by atoms with van der Waals surface area (Å²) in [6, 6.07) is 15.3. The lowest BCUT2D eigenvalue weighted by Gasteiger charge is -2.23. The van der Waals surface area contributed by atoms with Crippen molar-refractivity contribution in [3.05, 3.63) is 101 Å². The van der Waals surface area contributed by atoms with Crippen LogP contribution in [0.3, 0.4) is 0 Å². The lowest BCUT2D eigenvalue weighted by atomic mass is 10.2. The van der Waals surface area contributed by atoms with Gasteiger partial charge in [-0.25, -0.2) is 9.18 Å². The molecule has 0 unspecified atom stereocenters. The molecule has 0 aliphatic heterocycles. The van der Waals surface area contributed by atoms with Crippen molar-refractivity contribution in [2.75, 3.05) is 11.9 Å². The minimum Gasteiger partial charge on any atom is -0.345 e. The van der Waals surface area contributed by atoms with Gasteiger partial charge in [-0.05, 0) is 48.0 Å². The monoisotopic (exact) mass is 431 g/mol. The minimum absolute atomic E-state index is 0.0477. The van der Waals surface area contributed by atoms with Gasteiger partial charge < -0.3 is 14.8 Å². The molecule has 0 saturated carbocycles. The molecule has 1 N–H and O–H groups in total. The summed E-state index contributed by atoms with van der Waals surface area (Å²) < 4.78 is 15.4. The zero-order valence-electron chi connectivity index (χ0n) is 15.6. The van der Waals surface area contributed by atoms with Gasteiger partial charge in [0.15, 0.2) is 0 Å². The van der Waals surface area contributed by atoms with E-state index >= 15 is 0 Å². The van der Waals surface area contributed by atoms with Crippen LogP contribution < -0.4 is 5.32 Å². The average molecular weight is 432 g/mol. The fraction of sp³-hybridized carbons (Fsp3) is 0.136. The van der Waals surface area contributed by atoms with Gasteiger partial charge in [0.05, 0.1) is 11.6 Å². The predicted molar refractivity (Wildman–Crippen MR) is 116 cm³/mol. The molecular weight excluding hydrogens is 412 g/mol. The molecular formula is C22H20Cl2FN3O. The number of urea groups is 1. The van der Waals surface area contributed by atoms with E-state index in [-0.39, 0.29) is 11.1 Å². The molecule has 2 amide bonds. The number of aromatic nitrogens is 1. The van der Waals surface area contributed by atoms with Gasteiger partial charge in [0.25, 0.3) is 0 Å². The van der Waals surface area contributed by atoms with Crippen molar-refractivity contribution in [2.45, 2.75) is 13.1 Å². The number of benzene rings is 2. The van der Waals surface area contributed by atoms with Gasteiger partial charge in [-0.15, -0.1) is 6.58 Å². The molecule has 150 valence electrons. The lowest BCUT2D eigenvalue weighted by molar-refractivity contribution is 0.214. The largest absolute Gasteiger partial charge is 0.345 e. The van der Waals surface area contributed by atoms with Crippen molar-refractivity contribution >= 4 is 34.9 Å². The lowest BCUT2D eigenvalue weighted by Crippen LogP contribution is -2.35. The van der Waals surface area contributed by atoms with Crippen LogP contribution in [0.4, 0.5) is 14.9 Å². The fourth-order valence-corrected chi connectivity index (χ4v) is 3.32. The summed E-state index contributed by atoms with van der Waals surface area (Å²) >= 11 is 11.9. The molecule has 0 aliphatic carbocycles. The van der Waals surface area contributed by atoms with Crippen LogP contribution in [0.25, 0.3) is 0 Å². The van der Waals surface area contributed by atoms with Gasteiger partial charge in [0, 0.05) is 35.7 Å². The molecule has 0 spiro atoms. The summed E-state index contributed by atoms with van der Waals surface area (Å²) in [5, 5.41) is 3.38. The van der Waals surface area contributed by atoms with E-state index in [1.807, 2.05) is 42.6 Å². The van der Waals surface area contributed by atoms with E-state index in [9.17, 15) is 9.18 Å². The van der Waals surface area contributed by atoms with E-state index in [0.717, 1.165) is 11.3 Å². The number of anilines is 1. The molecule has 1 heterocycles. The Bertz CT molecular complexity index is 1020. The second-order valence-electron chi connectivity index (χ2n) is 6.49. The number of nitrogens with one attached hydrogen (secondary N) is 1. The van der Waals surface area contributed by atoms with E-state index in [1.54, 1.807) is 11.0 Å². The van der Waals surface area contributed by atoms with Gasteiger partial charge >= 0.3 is 6.03 Å². The van der Waals surface area contributed by atoms with Crippen LogP contribution in [0, 0.1) is 5.82 Å². The maximum atomic E-state index is 13.3. The second kappa shape index (κ2) is 9.63. The van der Waals surface area contributed by atoms with Gasteiger partial charge in [0.2, 0.25) is 0 Å². The molecule has 0 aliphatic rings. The zero-order valence-corrected chi connectivity index (χ0v) is 17.1. The SMILES string of the molecule is C=CCN(Cc1cccn1Cc1cccc(Cl)c1)C(=O)Nc1ccc(F)c(Cl)c1. The Labute approximate surface area is 179 Å². The van der Waals surface area contributed by atoms with Crippen LogP contribution in [-0.4, -0.2) is 22.0 Å². The van der Waals surface area contributed by atoms with E-state index in [0.29, 0.717) is 30.3 Å². The number of hydrogen-bond donors (Lipinski definition) is 1. The number of rotatable bonds is 7. The first-order chi connectivity index (χ1) is 14.0. The van der Waals surface area contributed by atoms with Crippen LogP contribution in [-0.2, 0) is 13.1 Å². The van der Waals surface area contributed by atoms with Crippen molar-refractivity contribution in [1.29, 1.82) is 0 Å². The standard InChI is InChI=1S/C22H20Cl2FN3O/c1-2-10-28(22(29)26-18-8-9-21(25)20(24)13-18)15-19-7-4-11-27(19)14-16-5-3-6-17(23)12-16/h2-9,11-13H,1,10,14-15H2,(H,26,29). The zero-order chi connectivity index (χ0) is 20.8. The number of amides is 2. The number of carbonyl (C=O) groups excluding carboxylic acids is 1. The molecule has 3 aromatic rings. The molecule has 0 bridgehead atoms. The summed E-state index contributed by atoms with van der Waals surface area (Å²) in [5.74, 6) is -0.536. The maximum Gasteiger partial charge on any atom is 0.322 e. The Hall–Kier alpha value is -2.76. The second-order valence-corrected chi connectivity index (χ2v) is 7.33. The third kappa shape index (κ3) is 5.62. The smallest absolute Gasteiger partial charge is 0.322 e. The first-order valence-corrected chi connectivity index (χ1v) is 9.72. The molecule has 0 radical (unpaired) electrons. The van der Waals surface area contributed by atoms with E-state index in [4.69, 9.17) is 23.2 Å². The van der Waals surface area contributed by atoms with Crippen molar-refractivity contribution in [1.82, 2.24) is 9.47 Å². The number of hydrogen-bond acceptors (Lipinski definition) is 1. The molecule has 4 nitrogen and oxygen atoms in total. The Morgan fingerprint density at radius 3 is 2.72 bits per heavy atom. The van der Waals surface area contributed by atoms with Crippen molar-refractivity contribution in [3.8, 4) is 0 Å². The van der Waals surface area contributed by atoms with E-state index in [2.05, 4.69) is 16.5 Å². The number of nitrogens with zero attached hydrogens (tertiary/aromatic N) is 2. The summed E-state index contributed by atoms with van der Waals surface area (Å²) in [6.45, 7) is 5.10. The van der Waals surface area contributed by atoms with Crippen LogP contribution in [0.1, 0.15) is 11.3 Å². The fourth-order valence-electron chi connectivity index (χ4n) is 2.93. The van der Waals surface area contributed by atoms with Crippen molar-refractivity contribution < 1.29 is 9.18 Å². The molecule has 7 heteroatoms. The van der Waals surface area contributed by atoms with E-state index < -0.39 is 5.82 Å². The summed E-state index contributed by atoms with van der Waals surface area (Å²) in [6.07, 6.45) is 3.61. The van der Waals surface area contributed by atoms with Gasteiger partial charge in [0.1, 0.15) is 5.82 Å². The summed E-state index contributed by atoms with van der Waals surface area (Å²) in [4.78, 5) is 14.3. The number of halogens is 3. The Balaban J connectivity index is 1.73. The Morgan fingerprint density at radius 1 is 1.17 bits per heavy atom. The van der Waals surface area contributed by atoms with Gasteiger partial charge in [-0.2, -0.15) is 0 Å². The highest BCUT2D eigenvalue weighted by Gasteiger charge is 2.15. The van der Waals surface area contributed by atoms with Gasteiger partial charge in [-0.3, -0.25) is 0 Å². The highest BCUT2D eigenvalue weighted by atomic mass is 35.5. The van der Waals surface area contributed by atoms with Gasteiger partial charge in [-0.1, -0.05) is 41.4 Å². The number of carbonyl (C=O) groups is 1. The first kappa shape index (κ1) is 21.0. The molecule has 1 aromatic heterocycles. The summed E-state index contributed by atoms with van der Waals surface area (Å²) in [7, 11) is 0. The average Bonchev–Trinajstić information content (AvgIpc) is 3.11. The van der Waals surface area contributed by atoms with Crippen LogP contribution in [0.15, 0.2) is 73.4 Å². The highest BCUT2D eigenvalue weighted by molar-refractivity contribution is 6.31. The van der Waals surface area contributed by atoms with Crippen LogP contribution >= 0.6 is 23.2 Å². The third-order valence-corrected chi connectivity index (χ3v) is 4.85. The topological polar surface area (TPSA) is 37.3 Å². The van der Waals surface area contributed by atoms with E-state index in [1.165, 1.54) is 18.2 Å². The molecule has 0 atom stereocenters. The first-order valence-electron chi connectivity index (χ1n) is 8.96. The quantitative estimate of drug-likeness (QED) is 0.444. The third-order valence-electron chi connectivity index (χ3n) is 4.33.